The third-order valence-corrected chi connectivity index (χ3v) is 4.32. The van der Waals surface area contributed by atoms with Crippen LogP contribution in [0.4, 0.5) is 11.4 Å². The van der Waals surface area contributed by atoms with Gasteiger partial charge < -0.3 is 20.4 Å². The third-order valence-electron chi connectivity index (χ3n) is 4.32. The quantitative estimate of drug-likeness (QED) is 0.640. The number of quaternary nitrogens is 1. The number of benzene rings is 1. The van der Waals surface area contributed by atoms with Crippen molar-refractivity contribution in [3.63, 3.8) is 0 Å². The molecule has 0 aromatic heterocycles. The average molecular weight is 333 g/mol. The van der Waals surface area contributed by atoms with E-state index in [1.807, 2.05) is 26.0 Å². The zero-order valence-corrected chi connectivity index (χ0v) is 14.7. The Morgan fingerprint density at radius 3 is 2.25 bits per heavy atom. The van der Waals surface area contributed by atoms with Crippen LogP contribution in [0.3, 0.4) is 0 Å². The van der Waals surface area contributed by atoms with Crippen molar-refractivity contribution >= 4 is 23.2 Å². The van der Waals surface area contributed by atoms with Crippen molar-refractivity contribution in [2.75, 3.05) is 49.5 Å². The highest BCUT2D eigenvalue weighted by molar-refractivity contribution is 5.91. The van der Waals surface area contributed by atoms with Gasteiger partial charge in [-0.3, -0.25) is 9.59 Å². The van der Waals surface area contributed by atoms with Crippen molar-refractivity contribution < 1.29 is 14.5 Å². The second kappa shape index (κ2) is 9.27. The van der Waals surface area contributed by atoms with Gasteiger partial charge in [0.05, 0.1) is 6.54 Å². The van der Waals surface area contributed by atoms with E-state index < -0.39 is 0 Å². The number of rotatable bonds is 8. The van der Waals surface area contributed by atoms with Crippen molar-refractivity contribution in [2.24, 2.45) is 0 Å². The molecular formula is C18H29N4O2+. The number of hydrogen-bond acceptors (Lipinski definition) is 3. The predicted octanol–water partition coefficient (Wildman–Crippen LogP) is 0.266. The molecule has 6 nitrogen and oxygen atoms in total. The summed E-state index contributed by atoms with van der Waals surface area (Å²) in [6, 6.07) is 8.00. The minimum Gasteiger partial charge on any atom is -0.372 e. The topological polar surface area (TPSA) is 65.9 Å². The van der Waals surface area contributed by atoms with E-state index in [2.05, 4.69) is 27.7 Å². The van der Waals surface area contributed by atoms with Gasteiger partial charge in [0.2, 0.25) is 0 Å². The fourth-order valence-electron chi connectivity index (χ4n) is 2.96. The van der Waals surface area contributed by atoms with Crippen LogP contribution in [0.5, 0.6) is 0 Å². The zero-order chi connectivity index (χ0) is 17.4. The molecule has 0 radical (unpaired) electrons. The number of hydrogen-bond donors (Lipinski definition) is 3. The lowest BCUT2D eigenvalue weighted by atomic mass is 10.2. The van der Waals surface area contributed by atoms with Gasteiger partial charge in [-0.05, 0) is 51.0 Å². The molecular weight excluding hydrogens is 304 g/mol. The molecule has 6 heteroatoms. The number of nitrogens with zero attached hydrogens (tertiary/aromatic N) is 1. The summed E-state index contributed by atoms with van der Waals surface area (Å²) in [5, 5.41) is 5.69. The van der Waals surface area contributed by atoms with Gasteiger partial charge in [-0.2, -0.15) is 0 Å². The SMILES string of the molecule is CCNC(=O)C[NH+](CC)CC(=O)Nc1ccc(N2CCCC2)cc1. The van der Waals surface area contributed by atoms with Gasteiger partial charge in [-0.25, -0.2) is 0 Å². The van der Waals surface area contributed by atoms with Crippen LogP contribution in [0.1, 0.15) is 26.7 Å². The molecule has 1 heterocycles. The highest BCUT2D eigenvalue weighted by Crippen LogP contribution is 2.21. The third kappa shape index (κ3) is 5.53. The van der Waals surface area contributed by atoms with Gasteiger partial charge in [0, 0.05) is 31.0 Å². The van der Waals surface area contributed by atoms with Gasteiger partial charge in [-0.1, -0.05) is 0 Å². The first-order valence-electron chi connectivity index (χ1n) is 8.87. The van der Waals surface area contributed by atoms with Crippen molar-refractivity contribution in [1.29, 1.82) is 0 Å². The zero-order valence-electron chi connectivity index (χ0n) is 14.7. The Bertz CT molecular complexity index is 538. The second-order valence-electron chi connectivity index (χ2n) is 6.20. The maximum Gasteiger partial charge on any atom is 0.279 e. The van der Waals surface area contributed by atoms with Crippen LogP contribution in [0.15, 0.2) is 24.3 Å². The smallest absolute Gasteiger partial charge is 0.279 e. The van der Waals surface area contributed by atoms with E-state index in [-0.39, 0.29) is 11.8 Å². The lowest BCUT2D eigenvalue weighted by Gasteiger charge is -2.18. The first kappa shape index (κ1) is 18.3. The molecule has 1 aromatic carbocycles. The van der Waals surface area contributed by atoms with Gasteiger partial charge in [0.15, 0.2) is 13.1 Å². The molecule has 2 amide bonds. The van der Waals surface area contributed by atoms with Crippen LogP contribution in [0.2, 0.25) is 0 Å². The van der Waals surface area contributed by atoms with Gasteiger partial charge in [0.1, 0.15) is 0 Å². The normalized spacial score (nSPS) is 15.2. The summed E-state index contributed by atoms with van der Waals surface area (Å²) in [4.78, 5) is 27.1. The van der Waals surface area contributed by atoms with Crippen LogP contribution in [-0.2, 0) is 9.59 Å². The molecule has 1 aliphatic heterocycles. The maximum atomic E-state index is 12.2. The van der Waals surface area contributed by atoms with E-state index >= 15 is 0 Å². The summed E-state index contributed by atoms with van der Waals surface area (Å²) in [5.74, 6) is -0.0813. The predicted molar refractivity (Wildman–Crippen MR) is 96.4 cm³/mol. The molecule has 0 bridgehead atoms. The van der Waals surface area contributed by atoms with Gasteiger partial charge >= 0.3 is 0 Å². The Hall–Kier alpha value is -2.08. The van der Waals surface area contributed by atoms with Gasteiger partial charge in [0.25, 0.3) is 11.8 Å². The minimum atomic E-state index is -0.0647. The van der Waals surface area contributed by atoms with E-state index in [0.29, 0.717) is 19.6 Å². The molecule has 0 saturated carbocycles. The Morgan fingerprint density at radius 2 is 1.67 bits per heavy atom. The number of anilines is 2. The van der Waals surface area contributed by atoms with Gasteiger partial charge in [-0.15, -0.1) is 0 Å². The van der Waals surface area contributed by atoms with E-state index in [9.17, 15) is 9.59 Å². The maximum absolute atomic E-state index is 12.2. The molecule has 1 aromatic rings. The number of nitrogens with one attached hydrogen (secondary N) is 3. The number of carbonyl (C=O) groups excluding carboxylic acids is 2. The van der Waals surface area contributed by atoms with E-state index in [0.717, 1.165) is 30.2 Å². The van der Waals surface area contributed by atoms with Crippen LogP contribution >= 0.6 is 0 Å². The highest BCUT2D eigenvalue weighted by atomic mass is 16.2. The molecule has 132 valence electrons. The van der Waals surface area contributed by atoms with E-state index in [1.165, 1.54) is 18.5 Å². The van der Waals surface area contributed by atoms with Crippen molar-refractivity contribution in [1.82, 2.24) is 5.32 Å². The standard InChI is InChI=1S/C18H28N4O2/c1-3-19-17(23)13-21(4-2)14-18(24)20-15-7-9-16(10-8-15)22-11-5-6-12-22/h7-10H,3-6,11-14H2,1-2H3,(H,19,23)(H,20,24)/p+1. The molecule has 2 rings (SSSR count). The van der Waals surface area contributed by atoms with Crippen LogP contribution in [-0.4, -0.2) is 51.1 Å². The molecule has 1 saturated heterocycles. The second-order valence-corrected chi connectivity index (χ2v) is 6.20. The largest absolute Gasteiger partial charge is 0.372 e. The average Bonchev–Trinajstić information content (AvgIpc) is 3.09. The van der Waals surface area contributed by atoms with Crippen molar-refractivity contribution in [3.8, 4) is 0 Å². The monoisotopic (exact) mass is 333 g/mol. The van der Waals surface area contributed by atoms with Crippen LogP contribution < -0.4 is 20.4 Å². The first-order chi connectivity index (χ1) is 11.6. The number of carbonyl (C=O) groups is 2. The Kier molecular flexibility index (Phi) is 7.06. The fourth-order valence-corrected chi connectivity index (χ4v) is 2.96. The number of amides is 2. The molecule has 3 N–H and O–H groups in total. The van der Waals surface area contributed by atoms with E-state index in [4.69, 9.17) is 0 Å². The lowest BCUT2D eigenvalue weighted by molar-refractivity contribution is -0.881. The fraction of sp³-hybridized carbons (Fsp3) is 0.556. The molecule has 0 spiro atoms. The first-order valence-corrected chi connectivity index (χ1v) is 8.87. The van der Waals surface area contributed by atoms with Crippen molar-refractivity contribution in [2.45, 2.75) is 26.7 Å². The summed E-state index contributed by atoms with van der Waals surface area (Å²) in [6.07, 6.45) is 2.50. The molecule has 1 atom stereocenters. The minimum absolute atomic E-state index is 0.0166. The summed E-state index contributed by atoms with van der Waals surface area (Å²) in [5.41, 5.74) is 2.01. The summed E-state index contributed by atoms with van der Waals surface area (Å²) < 4.78 is 0. The molecule has 1 unspecified atom stereocenters. The Balaban J connectivity index is 1.83. The summed E-state index contributed by atoms with van der Waals surface area (Å²) in [6.45, 7) is 8.06. The van der Waals surface area contributed by atoms with Crippen molar-refractivity contribution in [3.05, 3.63) is 24.3 Å². The number of likely N-dealkylation sites (N-methyl/N-ethyl adjacent to an activating group) is 2. The molecule has 24 heavy (non-hydrogen) atoms. The lowest BCUT2D eigenvalue weighted by Crippen LogP contribution is -3.14. The Morgan fingerprint density at radius 1 is 1.04 bits per heavy atom. The molecule has 1 fully saturated rings. The van der Waals surface area contributed by atoms with Crippen LogP contribution in [0, 0.1) is 0 Å². The van der Waals surface area contributed by atoms with Crippen LogP contribution in [0.25, 0.3) is 0 Å². The van der Waals surface area contributed by atoms with E-state index in [1.54, 1.807) is 0 Å². The Labute approximate surface area is 144 Å². The summed E-state index contributed by atoms with van der Waals surface area (Å²) >= 11 is 0. The molecule has 1 aliphatic rings. The highest BCUT2D eigenvalue weighted by Gasteiger charge is 2.16. The molecule has 0 aliphatic carbocycles. The summed E-state index contributed by atoms with van der Waals surface area (Å²) in [7, 11) is 0.